The first-order valence-corrected chi connectivity index (χ1v) is 10.1. The highest BCUT2D eigenvalue weighted by Gasteiger charge is 2.34. The number of amides is 2. The molecule has 0 radical (unpaired) electrons. The molecule has 0 aromatic heterocycles. The van der Waals surface area contributed by atoms with Gasteiger partial charge in [0.1, 0.15) is 0 Å². The van der Waals surface area contributed by atoms with Gasteiger partial charge in [-0.3, -0.25) is 10.1 Å². The SMILES string of the molecule is CN1CCN(c2cc(C(=O)Nc3ccc([C@@H]4C[C@H]4N)cc3)ccc2NC(=O)O)CC1. The lowest BCUT2D eigenvalue weighted by Crippen LogP contribution is -2.44. The quantitative estimate of drug-likeness (QED) is 0.604. The molecular formula is C22H27N5O3. The maximum absolute atomic E-state index is 12.8. The molecule has 1 aliphatic carbocycles. The number of likely N-dealkylation sites (N-methyl/N-ethyl adjacent to an activating group) is 1. The topological polar surface area (TPSA) is 111 Å². The smallest absolute Gasteiger partial charge is 0.409 e. The zero-order valence-electron chi connectivity index (χ0n) is 17.0. The molecule has 1 aliphatic heterocycles. The number of hydrogen-bond donors (Lipinski definition) is 4. The highest BCUT2D eigenvalue weighted by atomic mass is 16.4. The fraction of sp³-hybridized carbons (Fsp3) is 0.364. The largest absolute Gasteiger partial charge is 0.465 e. The number of rotatable bonds is 5. The van der Waals surface area contributed by atoms with Crippen LogP contribution in [-0.2, 0) is 0 Å². The maximum Gasteiger partial charge on any atom is 0.409 e. The van der Waals surface area contributed by atoms with E-state index in [2.05, 4.69) is 27.5 Å². The molecule has 8 heteroatoms. The summed E-state index contributed by atoms with van der Waals surface area (Å²) in [6.45, 7) is 3.28. The van der Waals surface area contributed by atoms with Crippen molar-refractivity contribution in [2.75, 3.05) is 48.8 Å². The van der Waals surface area contributed by atoms with Crippen LogP contribution in [0.25, 0.3) is 0 Å². The van der Waals surface area contributed by atoms with Crippen LogP contribution >= 0.6 is 0 Å². The number of carbonyl (C=O) groups is 2. The van der Waals surface area contributed by atoms with Gasteiger partial charge in [-0.05, 0) is 49.4 Å². The van der Waals surface area contributed by atoms with Gasteiger partial charge in [-0.15, -0.1) is 0 Å². The van der Waals surface area contributed by atoms with E-state index in [1.165, 1.54) is 5.56 Å². The summed E-state index contributed by atoms with van der Waals surface area (Å²) >= 11 is 0. The van der Waals surface area contributed by atoms with Gasteiger partial charge in [0.2, 0.25) is 0 Å². The predicted molar refractivity (Wildman–Crippen MR) is 118 cm³/mol. The monoisotopic (exact) mass is 409 g/mol. The van der Waals surface area contributed by atoms with Crippen LogP contribution in [0.1, 0.15) is 28.3 Å². The summed E-state index contributed by atoms with van der Waals surface area (Å²) in [7, 11) is 2.06. The molecule has 0 spiro atoms. The van der Waals surface area contributed by atoms with Crippen LogP contribution in [0, 0.1) is 0 Å². The number of carboxylic acid groups (broad SMARTS) is 1. The Bertz CT molecular complexity index is 938. The van der Waals surface area contributed by atoms with Crippen LogP contribution in [-0.4, -0.2) is 61.3 Å². The molecule has 2 aromatic rings. The van der Waals surface area contributed by atoms with E-state index in [9.17, 15) is 9.59 Å². The van der Waals surface area contributed by atoms with Gasteiger partial charge >= 0.3 is 6.09 Å². The molecule has 5 N–H and O–H groups in total. The molecule has 2 fully saturated rings. The molecule has 0 bridgehead atoms. The molecule has 1 heterocycles. The number of nitrogens with two attached hydrogens (primary N) is 1. The number of hydrogen-bond acceptors (Lipinski definition) is 5. The fourth-order valence-corrected chi connectivity index (χ4v) is 3.82. The summed E-state index contributed by atoms with van der Waals surface area (Å²) in [6, 6.07) is 13.1. The van der Waals surface area contributed by atoms with Crippen LogP contribution in [0.3, 0.4) is 0 Å². The minimum Gasteiger partial charge on any atom is -0.465 e. The Morgan fingerprint density at radius 3 is 2.30 bits per heavy atom. The molecule has 158 valence electrons. The van der Waals surface area contributed by atoms with Gasteiger partial charge in [-0.2, -0.15) is 0 Å². The minimum absolute atomic E-state index is 0.233. The average molecular weight is 409 g/mol. The first kappa shape index (κ1) is 20.2. The number of nitrogens with one attached hydrogen (secondary N) is 2. The summed E-state index contributed by atoms with van der Waals surface area (Å²) in [5.74, 6) is 0.193. The standard InChI is InChI=1S/C22H27N5O3/c1-26-8-10-27(11-9-26)20-12-15(4-7-19(20)25-22(29)30)21(28)24-16-5-2-14(3-6-16)17-13-18(17)23/h2-7,12,17-18,25H,8-11,13,23H2,1H3,(H,24,28)(H,29,30)/t17-,18+/m0/s1. The van der Waals surface area contributed by atoms with Crippen molar-refractivity contribution in [2.24, 2.45) is 5.73 Å². The van der Waals surface area contributed by atoms with Gasteiger partial charge in [0, 0.05) is 49.4 Å². The molecule has 4 rings (SSSR count). The third-order valence-corrected chi connectivity index (χ3v) is 5.78. The van der Waals surface area contributed by atoms with Gasteiger partial charge in [0.05, 0.1) is 11.4 Å². The molecule has 30 heavy (non-hydrogen) atoms. The molecule has 1 saturated carbocycles. The highest BCUT2D eigenvalue weighted by Crippen LogP contribution is 2.39. The summed E-state index contributed by atoms with van der Waals surface area (Å²) in [5.41, 5.74) is 9.49. The van der Waals surface area contributed by atoms with Crippen LogP contribution in [0.15, 0.2) is 42.5 Å². The Labute approximate surface area is 175 Å². The fourth-order valence-electron chi connectivity index (χ4n) is 3.82. The van der Waals surface area contributed by atoms with E-state index in [1.807, 2.05) is 24.3 Å². The molecule has 2 amide bonds. The van der Waals surface area contributed by atoms with Gasteiger partial charge in [0.25, 0.3) is 5.91 Å². The van der Waals surface area contributed by atoms with E-state index in [-0.39, 0.29) is 11.9 Å². The van der Waals surface area contributed by atoms with Crippen LogP contribution in [0.4, 0.5) is 21.9 Å². The molecule has 8 nitrogen and oxygen atoms in total. The molecule has 2 atom stereocenters. The van der Waals surface area contributed by atoms with E-state index in [0.29, 0.717) is 22.9 Å². The third-order valence-electron chi connectivity index (χ3n) is 5.78. The second-order valence-electron chi connectivity index (χ2n) is 8.03. The first-order valence-electron chi connectivity index (χ1n) is 10.1. The third kappa shape index (κ3) is 4.55. The molecule has 0 unspecified atom stereocenters. The lowest BCUT2D eigenvalue weighted by Gasteiger charge is -2.35. The van der Waals surface area contributed by atoms with Crippen molar-refractivity contribution in [3.63, 3.8) is 0 Å². The van der Waals surface area contributed by atoms with Crippen molar-refractivity contribution in [1.82, 2.24) is 4.90 Å². The molecule has 1 saturated heterocycles. The first-order chi connectivity index (χ1) is 14.4. The van der Waals surface area contributed by atoms with Crippen molar-refractivity contribution in [3.05, 3.63) is 53.6 Å². The van der Waals surface area contributed by atoms with Gasteiger partial charge < -0.3 is 26.0 Å². The number of piperazine rings is 1. The zero-order valence-corrected chi connectivity index (χ0v) is 17.0. The van der Waals surface area contributed by atoms with E-state index in [1.54, 1.807) is 18.2 Å². The molecule has 2 aromatic carbocycles. The number of anilines is 3. The minimum atomic E-state index is -1.13. The Morgan fingerprint density at radius 1 is 1.03 bits per heavy atom. The van der Waals surface area contributed by atoms with E-state index in [4.69, 9.17) is 10.8 Å². The van der Waals surface area contributed by atoms with Crippen LogP contribution in [0.2, 0.25) is 0 Å². The lowest BCUT2D eigenvalue weighted by atomic mass is 10.1. The van der Waals surface area contributed by atoms with Gasteiger partial charge in [-0.1, -0.05) is 12.1 Å². The van der Waals surface area contributed by atoms with E-state index >= 15 is 0 Å². The lowest BCUT2D eigenvalue weighted by molar-refractivity contribution is 0.102. The zero-order chi connectivity index (χ0) is 21.3. The van der Waals surface area contributed by atoms with Crippen molar-refractivity contribution in [3.8, 4) is 0 Å². The molecular weight excluding hydrogens is 382 g/mol. The van der Waals surface area contributed by atoms with Crippen LogP contribution in [0.5, 0.6) is 0 Å². The van der Waals surface area contributed by atoms with Crippen molar-refractivity contribution < 1.29 is 14.7 Å². The summed E-state index contributed by atoms with van der Waals surface area (Å²) in [5, 5.41) is 14.5. The van der Waals surface area contributed by atoms with E-state index < -0.39 is 6.09 Å². The second kappa shape index (κ2) is 8.33. The highest BCUT2D eigenvalue weighted by molar-refractivity contribution is 6.06. The number of carbonyl (C=O) groups excluding carboxylic acids is 1. The maximum atomic E-state index is 12.8. The Morgan fingerprint density at radius 2 is 1.70 bits per heavy atom. The Hall–Kier alpha value is -3.10. The number of benzene rings is 2. The second-order valence-corrected chi connectivity index (χ2v) is 8.03. The Kier molecular flexibility index (Phi) is 5.61. The van der Waals surface area contributed by atoms with Crippen LogP contribution < -0.4 is 21.3 Å². The Balaban J connectivity index is 1.51. The average Bonchev–Trinajstić information content (AvgIpc) is 3.45. The van der Waals surface area contributed by atoms with Gasteiger partial charge in [-0.25, -0.2) is 4.79 Å². The summed E-state index contributed by atoms with van der Waals surface area (Å²) in [4.78, 5) is 28.3. The van der Waals surface area contributed by atoms with Crippen molar-refractivity contribution >= 4 is 29.1 Å². The molecule has 2 aliphatic rings. The number of nitrogens with zero attached hydrogens (tertiary/aromatic N) is 2. The van der Waals surface area contributed by atoms with E-state index in [0.717, 1.165) is 38.3 Å². The van der Waals surface area contributed by atoms with Crippen molar-refractivity contribution in [2.45, 2.75) is 18.4 Å². The van der Waals surface area contributed by atoms with Crippen molar-refractivity contribution in [1.29, 1.82) is 0 Å². The summed E-state index contributed by atoms with van der Waals surface area (Å²) in [6.07, 6.45) is -0.115. The predicted octanol–water partition coefficient (Wildman–Crippen LogP) is 2.60. The summed E-state index contributed by atoms with van der Waals surface area (Å²) < 4.78 is 0. The van der Waals surface area contributed by atoms with Gasteiger partial charge in [0.15, 0.2) is 0 Å². The normalized spacial score (nSPS) is 21.2.